The first-order chi connectivity index (χ1) is 13.7. The minimum Gasteiger partial charge on any atom is -0.454 e. The summed E-state index contributed by atoms with van der Waals surface area (Å²) in [6.45, 7) is 0.460. The summed E-state index contributed by atoms with van der Waals surface area (Å²) in [6, 6.07) is 18.6. The van der Waals surface area contributed by atoms with Crippen LogP contribution >= 0.6 is 11.3 Å². The SMILES string of the molecule is N#CC(C#N)=c1s/c(=C/c2ccc3c(c2)OCO3)c(=O)n1Cc1ccccc1. The Morgan fingerprint density at radius 2 is 1.86 bits per heavy atom. The van der Waals surface area contributed by atoms with Crippen molar-refractivity contribution in [1.29, 1.82) is 10.5 Å². The minimum absolute atomic E-state index is 0.0802. The lowest BCUT2D eigenvalue weighted by atomic mass is 10.2. The number of rotatable bonds is 3. The van der Waals surface area contributed by atoms with Gasteiger partial charge in [-0.15, -0.1) is 11.3 Å². The van der Waals surface area contributed by atoms with E-state index in [0.29, 0.717) is 20.7 Å². The fourth-order valence-corrected chi connectivity index (χ4v) is 3.94. The summed E-state index contributed by atoms with van der Waals surface area (Å²) in [5.41, 5.74) is 1.36. The van der Waals surface area contributed by atoms with E-state index in [1.54, 1.807) is 18.2 Å². The van der Waals surface area contributed by atoms with Crippen molar-refractivity contribution in [3.63, 3.8) is 0 Å². The Labute approximate surface area is 164 Å². The second-order valence-corrected chi connectivity index (χ2v) is 7.03. The molecule has 0 aliphatic carbocycles. The highest BCUT2D eigenvalue weighted by atomic mass is 32.1. The van der Waals surface area contributed by atoms with Crippen LogP contribution in [0.5, 0.6) is 11.5 Å². The van der Waals surface area contributed by atoms with E-state index in [4.69, 9.17) is 9.47 Å². The van der Waals surface area contributed by atoms with E-state index < -0.39 is 0 Å². The third kappa shape index (κ3) is 3.27. The molecule has 2 aromatic carbocycles. The highest BCUT2D eigenvalue weighted by molar-refractivity contribution is 7.07. The number of hydrogen-bond acceptors (Lipinski definition) is 6. The third-order valence-corrected chi connectivity index (χ3v) is 5.35. The molecule has 0 N–H and O–H groups in total. The van der Waals surface area contributed by atoms with Crippen molar-refractivity contribution in [2.24, 2.45) is 0 Å². The number of ether oxygens (including phenoxy) is 2. The van der Waals surface area contributed by atoms with Crippen LogP contribution < -0.4 is 24.2 Å². The number of thiazole rings is 1. The fraction of sp³-hybridized carbons (Fsp3) is 0.0952. The smallest absolute Gasteiger partial charge is 0.269 e. The molecule has 1 aromatic heterocycles. The molecule has 0 unspecified atom stereocenters. The topological polar surface area (TPSA) is 88.0 Å². The van der Waals surface area contributed by atoms with E-state index in [1.165, 1.54) is 4.57 Å². The molecular formula is C21H13N3O3S. The van der Waals surface area contributed by atoms with Gasteiger partial charge in [0.15, 0.2) is 17.1 Å². The van der Waals surface area contributed by atoms with Crippen LogP contribution in [0.15, 0.2) is 53.3 Å². The molecule has 28 heavy (non-hydrogen) atoms. The van der Waals surface area contributed by atoms with E-state index in [0.717, 1.165) is 22.5 Å². The van der Waals surface area contributed by atoms with Gasteiger partial charge in [-0.2, -0.15) is 10.5 Å². The van der Waals surface area contributed by atoms with Crippen LogP contribution in [0.4, 0.5) is 0 Å². The molecule has 6 nitrogen and oxygen atoms in total. The molecule has 1 aliphatic heterocycles. The molecule has 7 heteroatoms. The number of nitriles is 2. The van der Waals surface area contributed by atoms with Crippen molar-refractivity contribution in [3.8, 4) is 23.6 Å². The fourth-order valence-electron chi connectivity index (χ4n) is 2.89. The molecule has 3 aromatic rings. The Kier molecular flexibility index (Phi) is 4.67. The first kappa shape index (κ1) is 17.6. The summed E-state index contributed by atoms with van der Waals surface area (Å²) < 4.78 is 12.9. The molecule has 0 atom stereocenters. The van der Waals surface area contributed by atoms with Crippen LogP contribution in [0, 0.1) is 22.7 Å². The van der Waals surface area contributed by atoms with Gasteiger partial charge in [0, 0.05) is 0 Å². The molecule has 0 bridgehead atoms. The Bertz CT molecular complexity index is 1290. The summed E-state index contributed by atoms with van der Waals surface area (Å²) in [5, 5.41) is 18.6. The van der Waals surface area contributed by atoms with E-state index in [9.17, 15) is 15.3 Å². The summed E-state index contributed by atoms with van der Waals surface area (Å²) in [7, 11) is 0. The molecule has 2 heterocycles. The summed E-state index contributed by atoms with van der Waals surface area (Å²) >= 11 is 1.13. The first-order valence-electron chi connectivity index (χ1n) is 8.39. The van der Waals surface area contributed by atoms with Crippen LogP contribution in [-0.4, -0.2) is 11.4 Å². The van der Waals surface area contributed by atoms with E-state index in [2.05, 4.69) is 0 Å². The molecule has 0 saturated carbocycles. The first-order valence-corrected chi connectivity index (χ1v) is 9.20. The van der Waals surface area contributed by atoms with Gasteiger partial charge in [-0.05, 0) is 29.3 Å². The maximum absolute atomic E-state index is 13.0. The van der Waals surface area contributed by atoms with Gasteiger partial charge in [0.1, 0.15) is 16.8 Å². The second-order valence-electron chi connectivity index (χ2n) is 6.00. The van der Waals surface area contributed by atoms with Gasteiger partial charge >= 0.3 is 0 Å². The summed E-state index contributed by atoms with van der Waals surface area (Å²) in [6.07, 6.45) is 1.73. The molecule has 0 amide bonds. The van der Waals surface area contributed by atoms with Crippen LogP contribution in [0.3, 0.4) is 0 Å². The van der Waals surface area contributed by atoms with Crippen LogP contribution in [-0.2, 0) is 6.54 Å². The second kappa shape index (κ2) is 7.43. The largest absolute Gasteiger partial charge is 0.454 e. The van der Waals surface area contributed by atoms with Gasteiger partial charge in [-0.1, -0.05) is 36.4 Å². The Morgan fingerprint density at radius 1 is 1.11 bits per heavy atom. The zero-order valence-corrected chi connectivity index (χ0v) is 15.4. The van der Waals surface area contributed by atoms with Crippen molar-refractivity contribution in [1.82, 2.24) is 4.57 Å². The maximum atomic E-state index is 13.0. The maximum Gasteiger partial charge on any atom is 0.269 e. The lowest BCUT2D eigenvalue weighted by Crippen LogP contribution is -2.32. The molecule has 0 spiro atoms. The molecule has 0 fully saturated rings. The molecule has 136 valence electrons. The average Bonchev–Trinajstić information content (AvgIpc) is 3.30. The van der Waals surface area contributed by atoms with E-state index >= 15 is 0 Å². The van der Waals surface area contributed by atoms with Crippen LogP contribution in [0.1, 0.15) is 11.1 Å². The molecule has 0 saturated heterocycles. The van der Waals surface area contributed by atoms with Crippen molar-refractivity contribution in [2.45, 2.75) is 6.54 Å². The zero-order valence-electron chi connectivity index (χ0n) is 14.6. The van der Waals surface area contributed by atoms with Crippen LogP contribution in [0.25, 0.3) is 11.6 Å². The third-order valence-electron chi connectivity index (χ3n) is 4.22. The van der Waals surface area contributed by atoms with Crippen molar-refractivity contribution in [3.05, 3.63) is 79.2 Å². The number of benzene rings is 2. The molecular weight excluding hydrogens is 374 g/mol. The van der Waals surface area contributed by atoms with Gasteiger partial charge in [0.25, 0.3) is 5.56 Å². The van der Waals surface area contributed by atoms with Crippen molar-refractivity contribution in [2.75, 3.05) is 6.79 Å². The number of aromatic nitrogens is 1. The van der Waals surface area contributed by atoms with Gasteiger partial charge in [-0.25, -0.2) is 0 Å². The Morgan fingerprint density at radius 3 is 2.61 bits per heavy atom. The van der Waals surface area contributed by atoms with Crippen molar-refractivity contribution < 1.29 is 9.47 Å². The van der Waals surface area contributed by atoms with Gasteiger partial charge in [-0.3, -0.25) is 9.36 Å². The normalized spacial score (nSPS) is 12.4. The quantitative estimate of drug-likeness (QED) is 0.683. The molecule has 1 aliphatic rings. The average molecular weight is 387 g/mol. The van der Waals surface area contributed by atoms with Gasteiger partial charge in [0.05, 0.1) is 11.1 Å². The number of fused-ring (bicyclic) bond motifs is 1. The highest BCUT2D eigenvalue weighted by Crippen LogP contribution is 2.32. The molecule has 0 radical (unpaired) electrons. The lowest BCUT2D eigenvalue weighted by molar-refractivity contribution is 0.174. The van der Waals surface area contributed by atoms with Crippen LogP contribution in [0.2, 0.25) is 0 Å². The Hall–Kier alpha value is -3.81. The monoisotopic (exact) mass is 387 g/mol. The zero-order chi connectivity index (χ0) is 19.5. The standard InChI is InChI=1S/C21H13N3O3S/c22-10-16(11-23)21-24(12-14-4-2-1-3-5-14)20(25)19(28-21)9-15-6-7-17-18(8-15)27-13-26-17/h1-9H,12-13H2/b19-9+. The lowest BCUT2D eigenvalue weighted by Gasteiger charge is -2.02. The van der Waals surface area contributed by atoms with Gasteiger partial charge < -0.3 is 9.47 Å². The van der Waals surface area contributed by atoms with Crippen molar-refractivity contribution >= 4 is 23.0 Å². The predicted octanol–water partition coefficient (Wildman–Crippen LogP) is 1.71. The highest BCUT2D eigenvalue weighted by Gasteiger charge is 2.14. The molecule has 4 rings (SSSR count). The van der Waals surface area contributed by atoms with E-state index in [-0.39, 0.29) is 24.5 Å². The number of hydrogen-bond donors (Lipinski definition) is 0. The minimum atomic E-state index is -0.246. The summed E-state index contributed by atoms with van der Waals surface area (Å²) in [4.78, 5) is 13.0. The predicted molar refractivity (Wildman–Crippen MR) is 104 cm³/mol. The number of nitrogens with zero attached hydrogens (tertiary/aromatic N) is 3. The Balaban J connectivity index is 1.89. The van der Waals surface area contributed by atoms with Gasteiger partial charge in [0.2, 0.25) is 6.79 Å². The summed E-state index contributed by atoms with van der Waals surface area (Å²) in [5.74, 6) is 1.28. The van der Waals surface area contributed by atoms with E-state index in [1.807, 2.05) is 48.5 Å².